The first kappa shape index (κ1) is 12.1. The van der Waals surface area contributed by atoms with E-state index in [0.29, 0.717) is 12.8 Å². The molecule has 18 heavy (non-hydrogen) atoms. The molecule has 0 atom stereocenters. The number of Topliss-reactive ketones (excluding diaryl/α,β-unsaturated/α-hetero) is 1. The number of hydrogen-bond donors (Lipinski definition) is 0. The number of hydrogen-bond acceptors (Lipinski definition) is 2. The van der Waals surface area contributed by atoms with E-state index in [9.17, 15) is 4.79 Å². The highest BCUT2D eigenvalue weighted by molar-refractivity contribution is 5.82. The van der Waals surface area contributed by atoms with Gasteiger partial charge in [0.15, 0.2) is 0 Å². The van der Waals surface area contributed by atoms with E-state index in [1.54, 1.807) is 6.20 Å². The number of carbonyl (C=O) groups is 1. The third-order valence-corrected chi connectivity index (χ3v) is 2.60. The van der Waals surface area contributed by atoms with Crippen LogP contribution in [0.15, 0.2) is 48.7 Å². The zero-order valence-corrected chi connectivity index (χ0v) is 9.97. The second-order valence-electron chi connectivity index (χ2n) is 4.06. The van der Waals surface area contributed by atoms with Crippen molar-refractivity contribution in [3.63, 3.8) is 0 Å². The monoisotopic (exact) mass is 235 g/mol. The lowest BCUT2D eigenvalue weighted by Crippen LogP contribution is -2.07. The molecule has 2 aromatic rings. The van der Waals surface area contributed by atoms with Gasteiger partial charge >= 0.3 is 0 Å². The van der Waals surface area contributed by atoms with E-state index in [2.05, 4.69) is 10.9 Å². The molecule has 1 aromatic carbocycles. The average Bonchev–Trinajstić information content (AvgIpc) is 2.40. The van der Waals surface area contributed by atoms with Crippen LogP contribution in [0, 0.1) is 12.3 Å². The molecule has 2 nitrogen and oxygen atoms in total. The Hall–Kier alpha value is -2.40. The standard InChI is InChI=1S/C16H13NO/c1-2-13-6-5-7-14(10-13)11-16(18)12-15-8-3-4-9-17-15/h1,3-10H,11-12H2. The van der Waals surface area contributed by atoms with Gasteiger partial charge in [-0.3, -0.25) is 9.78 Å². The summed E-state index contributed by atoms with van der Waals surface area (Å²) in [5.41, 5.74) is 2.56. The molecule has 1 heterocycles. The van der Waals surface area contributed by atoms with Crippen LogP contribution in [-0.2, 0) is 17.6 Å². The molecule has 0 aliphatic carbocycles. The van der Waals surface area contributed by atoms with Crippen LogP contribution in [0.1, 0.15) is 16.8 Å². The van der Waals surface area contributed by atoms with E-state index < -0.39 is 0 Å². The van der Waals surface area contributed by atoms with E-state index in [0.717, 1.165) is 16.8 Å². The Kier molecular flexibility index (Phi) is 3.88. The number of ketones is 1. The molecule has 0 aliphatic heterocycles. The first-order chi connectivity index (χ1) is 8.78. The van der Waals surface area contributed by atoms with Gasteiger partial charge in [-0.2, -0.15) is 0 Å². The zero-order chi connectivity index (χ0) is 12.8. The average molecular weight is 235 g/mol. The number of nitrogens with zero attached hydrogens (tertiary/aromatic N) is 1. The van der Waals surface area contributed by atoms with Gasteiger partial charge in [0, 0.05) is 30.3 Å². The summed E-state index contributed by atoms with van der Waals surface area (Å²) < 4.78 is 0. The van der Waals surface area contributed by atoms with Crippen LogP contribution in [0.3, 0.4) is 0 Å². The molecular formula is C16H13NO. The molecule has 2 heteroatoms. The lowest BCUT2D eigenvalue weighted by atomic mass is 10.0. The van der Waals surface area contributed by atoms with Gasteiger partial charge in [0.25, 0.3) is 0 Å². The van der Waals surface area contributed by atoms with Gasteiger partial charge in [-0.25, -0.2) is 0 Å². The summed E-state index contributed by atoms with van der Waals surface area (Å²) in [6.45, 7) is 0. The topological polar surface area (TPSA) is 30.0 Å². The minimum Gasteiger partial charge on any atom is -0.299 e. The van der Waals surface area contributed by atoms with Crippen LogP contribution in [0.4, 0.5) is 0 Å². The maximum absolute atomic E-state index is 11.9. The lowest BCUT2D eigenvalue weighted by Gasteiger charge is -2.02. The molecule has 0 radical (unpaired) electrons. The van der Waals surface area contributed by atoms with Gasteiger partial charge in [0.2, 0.25) is 0 Å². The highest BCUT2D eigenvalue weighted by atomic mass is 16.1. The quantitative estimate of drug-likeness (QED) is 0.762. The van der Waals surface area contributed by atoms with E-state index in [4.69, 9.17) is 6.42 Å². The van der Waals surface area contributed by atoms with Crippen molar-refractivity contribution in [1.29, 1.82) is 0 Å². The summed E-state index contributed by atoms with van der Waals surface area (Å²) in [6, 6.07) is 13.1. The zero-order valence-electron chi connectivity index (χ0n) is 9.97. The fourth-order valence-electron chi connectivity index (χ4n) is 1.77. The van der Waals surface area contributed by atoms with Crippen molar-refractivity contribution in [3.05, 3.63) is 65.5 Å². The summed E-state index contributed by atoms with van der Waals surface area (Å²) in [4.78, 5) is 16.0. The van der Waals surface area contributed by atoms with Crippen molar-refractivity contribution in [3.8, 4) is 12.3 Å². The normalized spacial score (nSPS) is 9.72. The summed E-state index contributed by atoms with van der Waals surface area (Å²) in [5, 5.41) is 0. The Morgan fingerprint density at radius 3 is 2.78 bits per heavy atom. The van der Waals surface area contributed by atoms with Gasteiger partial charge in [0.1, 0.15) is 5.78 Å². The fraction of sp³-hybridized carbons (Fsp3) is 0.125. The SMILES string of the molecule is C#Cc1cccc(CC(=O)Cc2ccccn2)c1. The molecule has 0 spiro atoms. The van der Waals surface area contributed by atoms with Gasteiger partial charge in [-0.1, -0.05) is 24.1 Å². The molecular weight excluding hydrogens is 222 g/mol. The maximum Gasteiger partial charge on any atom is 0.143 e. The number of pyridine rings is 1. The fourth-order valence-corrected chi connectivity index (χ4v) is 1.77. The van der Waals surface area contributed by atoms with Crippen molar-refractivity contribution in [2.24, 2.45) is 0 Å². The molecule has 2 rings (SSSR count). The molecule has 0 unspecified atom stereocenters. The summed E-state index contributed by atoms with van der Waals surface area (Å²) in [5.74, 6) is 2.71. The predicted octanol–water partition coefficient (Wildman–Crippen LogP) is 2.42. The number of terminal acetylenes is 1. The summed E-state index contributed by atoms with van der Waals surface area (Å²) in [6.07, 6.45) is 7.78. The molecule has 0 bridgehead atoms. The van der Waals surface area contributed by atoms with Gasteiger partial charge in [-0.15, -0.1) is 6.42 Å². The Balaban J connectivity index is 2.01. The van der Waals surface area contributed by atoms with Crippen LogP contribution in [0.5, 0.6) is 0 Å². The Bertz CT molecular complexity index is 582. The summed E-state index contributed by atoms with van der Waals surface area (Å²) >= 11 is 0. The molecule has 0 N–H and O–H groups in total. The Morgan fingerprint density at radius 2 is 2.06 bits per heavy atom. The third-order valence-electron chi connectivity index (χ3n) is 2.60. The second-order valence-corrected chi connectivity index (χ2v) is 4.06. The van der Waals surface area contributed by atoms with E-state index in [-0.39, 0.29) is 5.78 Å². The first-order valence-corrected chi connectivity index (χ1v) is 5.75. The van der Waals surface area contributed by atoms with E-state index in [1.165, 1.54) is 0 Å². The Morgan fingerprint density at radius 1 is 1.17 bits per heavy atom. The number of carbonyl (C=O) groups excluding carboxylic acids is 1. The largest absolute Gasteiger partial charge is 0.299 e. The molecule has 0 saturated carbocycles. The number of aromatic nitrogens is 1. The Labute approximate surface area is 107 Å². The van der Waals surface area contributed by atoms with Gasteiger partial charge < -0.3 is 0 Å². The van der Waals surface area contributed by atoms with Crippen LogP contribution in [-0.4, -0.2) is 10.8 Å². The highest BCUT2D eigenvalue weighted by Crippen LogP contribution is 2.07. The molecule has 0 aliphatic rings. The first-order valence-electron chi connectivity index (χ1n) is 5.75. The molecule has 1 aromatic heterocycles. The third kappa shape index (κ3) is 3.29. The number of benzene rings is 1. The van der Waals surface area contributed by atoms with Gasteiger partial charge in [-0.05, 0) is 29.8 Å². The van der Waals surface area contributed by atoms with Crippen molar-refractivity contribution in [2.75, 3.05) is 0 Å². The molecule has 88 valence electrons. The van der Waals surface area contributed by atoms with Crippen molar-refractivity contribution >= 4 is 5.78 Å². The molecule has 0 saturated heterocycles. The minimum absolute atomic E-state index is 0.142. The van der Waals surface area contributed by atoms with Crippen molar-refractivity contribution < 1.29 is 4.79 Å². The van der Waals surface area contributed by atoms with Crippen LogP contribution >= 0.6 is 0 Å². The highest BCUT2D eigenvalue weighted by Gasteiger charge is 2.06. The van der Waals surface area contributed by atoms with Gasteiger partial charge in [0.05, 0.1) is 0 Å². The molecule has 0 amide bonds. The van der Waals surface area contributed by atoms with Crippen LogP contribution < -0.4 is 0 Å². The molecule has 0 fully saturated rings. The minimum atomic E-state index is 0.142. The van der Waals surface area contributed by atoms with Crippen LogP contribution in [0.2, 0.25) is 0 Å². The number of rotatable bonds is 4. The van der Waals surface area contributed by atoms with E-state index in [1.807, 2.05) is 42.5 Å². The van der Waals surface area contributed by atoms with Crippen molar-refractivity contribution in [2.45, 2.75) is 12.8 Å². The lowest BCUT2D eigenvalue weighted by molar-refractivity contribution is -0.117. The second kappa shape index (κ2) is 5.79. The van der Waals surface area contributed by atoms with Crippen molar-refractivity contribution in [1.82, 2.24) is 4.98 Å². The smallest absolute Gasteiger partial charge is 0.143 e. The maximum atomic E-state index is 11.9. The summed E-state index contributed by atoms with van der Waals surface area (Å²) in [7, 11) is 0. The van der Waals surface area contributed by atoms with E-state index >= 15 is 0 Å². The predicted molar refractivity (Wildman–Crippen MR) is 71.0 cm³/mol. The van der Waals surface area contributed by atoms with Crippen LogP contribution in [0.25, 0.3) is 0 Å².